The summed E-state index contributed by atoms with van der Waals surface area (Å²) < 4.78 is 0. The molecular weight excluding hydrogens is 260 g/mol. The second-order valence-corrected chi connectivity index (χ2v) is 4.60. The van der Waals surface area contributed by atoms with Crippen LogP contribution in [0.1, 0.15) is 18.9 Å². The number of anilines is 1. The Morgan fingerprint density at radius 2 is 1.75 bits per heavy atom. The van der Waals surface area contributed by atoms with E-state index in [0.717, 1.165) is 5.56 Å². The van der Waals surface area contributed by atoms with Crippen molar-refractivity contribution in [2.75, 3.05) is 11.9 Å². The molecule has 0 radical (unpaired) electrons. The quantitative estimate of drug-likeness (QED) is 0.704. The van der Waals surface area contributed by atoms with E-state index in [1.54, 1.807) is 19.1 Å². The third-order valence-corrected chi connectivity index (χ3v) is 2.80. The summed E-state index contributed by atoms with van der Waals surface area (Å²) in [5, 5.41) is 13.5. The van der Waals surface area contributed by atoms with Crippen LogP contribution < -0.4 is 10.6 Å². The number of nitrogens with one attached hydrogen (secondary N) is 2. The fourth-order valence-electron chi connectivity index (χ4n) is 1.43. The maximum Gasteiger partial charge on any atom is 0.313 e. The Bertz CT molecular complexity index is 496. The second kappa shape index (κ2) is 7.28. The molecule has 0 saturated heterocycles. The lowest BCUT2D eigenvalue weighted by molar-refractivity contribution is -0.141. The molecule has 0 aliphatic carbocycles. The molecule has 0 saturated carbocycles. The lowest BCUT2D eigenvalue weighted by Gasteiger charge is -2.08. The average Bonchev–Trinajstić information content (AvgIpc) is 2.40. The molecule has 0 aliphatic rings. The van der Waals surface area contributed by atoms with Crippen molar-refractivity contribution >= 4 is 23.5 Å². The number of hydrogen-bond donors (Lipinski definition) is 3. The molecule has 2 amide bonds. The van der Waals surface area contributed by atoms with Crippen LogP contribution >= 0.6 is 0 Å². The maximum absolute atomic E-state index is 11.6. The summed E-state index contributed by atoms with van der Waals surface area (Å²) in [4.78, 5) is 33.6. The van der Waals surface area contributed by atoms with Crippen molar-refractivity contribution in [2.45, 2.75) is 20.3 Å². The van der Waals surface area contributed by atoms with Gasteiger partial charge in [0.15, 0.2) is 0 Å². The first-order valence-electron chi connectivity index (χ1n) is 6.29. The number of rotatable bonds is 5. The van der Waals surface area contributed by atoms with E-state index in [1.165, 1.54) is 0 Å². The van der Waals surface area contributed by atoms with Gasteiger partial charge in [0.1, 0.15) is 0 Å². The Labute approximate surface area is 117 Å². The van der Waals surface area contributed by atoms with Gasteiger partial charge in [0, 0.05) is 12.2 Å². The molecule has 6 nitrogen and oxygen atoms in total. The zero-order valence-electron chi connectivity index (χ0n) is 11.5. The van der Waals surface area contributed by atoms with E-state index in [9.17, 15) is 14.4 Å². The predicted molar refractivity (Wildman–Crippen MR) is 74.2 cm³/mol. The Balaban J connectivity index is 2.38. The molecule has 0 fully saturated rings. The first kappa shape index (κ1) is 15.7. The van der Waals surface area contributed by atoms with E-state index in [2.05, 4.69) is 10.6 Å². The topological polar surface area (TPSA) is 95.5 Å². The lowest BCUT2D eigenvalue weighted by Crippen LogP contribution is -2.36. The monoisotopic (exact) mass is 278 g/mol. The van der Waals surface area contributed by atoms with E-state index < -0.39 is 23.7 Å². The van der Waals surface area contributed by atoms with Gasteiger partial charge in [-0.2, -0.15) is 0 Å². The van der Waals surface area contributed by atoms with Crippen molar-refractivity contribution in [1.29, 1.82) is 0 Å². The molecule has 1 atom stereocenters. The molecule has 0 aliphatic heterocycles. The molecule has 1 unspecified atom stereocenters. The number of carbonyl (C=O) groups is 3. The van der Waals surface area contributed by atoms with Gasteiger partial charge in [-0.15, -0.1) is 0 Å². The van der Waals surface area contributed by atoms with Gasteiger partial charge in [0.05, 0.1) is 5.92 Å². The van der Waals surface area contributed by atoms with Crippen LogP contribution in [-0.4, -0.2) is 29.4 Å². The zero-order chi connectivity index (χ0) is 15.1. The van der Waals surface area contributed by atoms with Crippen molar-refractivity contribution in [1.82, 2.24) is 5.32 Å². The van der Waals surface area contributed by atoms with E-state index in [4.69, 9.17) is 5.11 Å². The minimum atomic E-state index is -0.927. The van der Waals surface area contributed by atoms with Crippen LogP contribution in [0, 0.1) is 12.8 Å². The fraction of sp³-hybridized carbons (Fsp3) is 0.357. The van der Waals surface area contributed by atoms with Crippen LogP contribution in [0.2, 0.25) is 0 Å². The van der Waals surface area contributed by atoms with Crippen molar-refractivity contribution < 1.29 is 19.5 Å². The summed E-state index contributed by atoms with van der Waals surface area (Å²) in [6.07, 6.45) is 0.277. The van der Waals surface area contributed by atoms with Crippen LogP contribution in [0.3, 0.4) is 0 Å². The third kappa shape index (κ3) is 5.09. The molecule has 20 heavy (non-hydrogen) atoms. The summed E-state index contributed by atoms with van der Waals surface area (Å²) in [6, 6.07) is 7.05. The summed E-state index contributed by atoms with van der Waals surface area (Å²) in [7, 11) is 0. The highest BCUT2D eigenvalue weighted by molar-refractivity contribution is 6.39. The number of aliphatic carboxylic acids is 1. The van der Waals surface area contributed by atoms with Crippen LogP contribution in [0.25, 0.3) is 0 Å². The zero-order valence-corrected chi connectivity index (χ0v) is 11.5. The van der Waals surface area contributed by atoms with Gasteiger partial charge >= 0.3 is 17.8 Å². The van der Waals surface area contributed by atoms with Crippen molar-refractivity contribution in [3.05, 3.63) is 29.8 Å². The van der Waals surface area contributed by atoms with E-state index in [1.807, 2.05) is 19.1 Å². The number of aryl methyl sites for hydroxylation is 1. The molecule has 6 heteroatoms. The normalized spacial score (nSPS) is 11.5. The molecular formula is C14H18N2O4. The third-order valence-electron chi connectivity index (χ3n) is 2.80. The molecule has 1 rings (SSSR count). The van der Waals surface area contributed by atoms with Crippen LogP contribution in [0.4, 0.5) is 5.69 Å². The van der Waals surface area contributed by atoms with Crippen LogP contribution in [0.5, 0.6) is 0 Å². The van der Waals surface area contributed by atoms with Gasteiger partial charge in [-0.1, -0.05) is 24.6 Å². The number of carboxylic acid groups (broad SMARTS) is 1. The highest BCUT2D eigenvalue weighted by atomic mass is 16.4. The van der Waals surface area contributed by atoms with Crippen LogP contribution in [-0.2, 0) is 14.4 Å². The summed E-state index contributed by atoms with van der Waals surface area (Å²) in [5.41, 5.74) is 1.59. The first-order chi connectivity index (χ1) is 9.40. The maximum atomic E-state index is 11.6. The number of benzene rings is 1. The van der Waals surface area contributed by atoms with Gasteiger partial charge in [0.2, 0.25) is 0 Å². The Kier molecular flexibility index (Phi) is 5.71. The van der Waals surface area contributed by atoms with Gasteiger partial charge in [-0.05, 0) is 25.5 Å². The summed E-state index contributed by atoms with van der Waals surface area (Å²) >= 11 is 0. The van der Waals surface area contributed by atoms with Crippen molar-refractivity contribution in [2.24, 2.45) is 5.92 Å². The second-order valence-electron chi connectivity index (χ2n) is 4.60. The minimum Gasteiger partial charge on any atom is -0.481 e. The Morgan fingerprint density at radius 3 is 2.30 bits per heavy atom. The molecule has 1 aromatic rings. The molecule has 1 aromatic carbocycles. The Morgan fingerprint density at radius 1 is 1.15 bits per heavy atom. The lowest BCUT2D eigenvalue weighted by atomic mass is 10.1. The summed E-state index contributed by atoms with van der Waals surface area (Å²) in [5.74, 6) is -3.03. The number of carbonyl (C=O) groups excluding carboxylic acids is 2. The molecule has 3 N–H and O–H groups in total. The van der Waals surface area contributed by atoms with Crippen molar-refractivity contribution in [3.63, 3.8) is 0 Å². The number of amides is 2. The van der Waals surface area contributed by atoms with E-state index in [0.29, 0.717) is 5.69 Å². The first-order valence-corrected chi connectivity index (χ1v) is 6.29. The van der Waals surface area contributed by atoms with E-state index >= 15 is 0 Å². The number of carboxylic acids is 1. The van der Waals surface area contributed by atoms with E-state index in [-0.39, 0.29) is 13.0 Å². The highest BCUT2D eigenvalue weighted by Crippen LogP contribution is 2.08. The average molecular weight is 278 g/mol. The van der Waals surface area contributed by atoms with Gasteiger partial charge in [-0.3, -0.25) is 14.4 Å². The number of hydrogen-bond acceptors (Lipinski definition) is 3. The fourth-order valence-corrected chi connectivity index (χ4v) is 1.43. The molecule has 0 bridgehead atoms. The SMILES string of the molecule is Cc1ccc(NC(=O)C(=O)NCCC(C)C(=O)O)cc1. The largest absolute Gasteiger partial charge is 0.481 e. The van der Waals surface area contributed by atoms with Crippen LogP contribution in [0.15, 0.2) is 24.3 Å². The Hall–Kier alpha value is -2.37. The highest BCUT2D eigenvalue weighted by Gasteiger charge is 2.15. The summed E-state index contributed by atoms with van der Waals surface area (Å²) in [6.45, 7) is 3.61. The standard InChI is InChI=1S/C14H18N2O4/c1-9-3-5-11(6-4-9)16-13(18)12(17)15-8-7-10(2)14(19)20/h3-6,10H,7-8H2,1-2H3,(H,15,17)(H,16,18)(H,19,20). The van der Waals surface area contributed by atoms with Gasteiger partial charge in [0.25, 0.3) is 0 Å². The smallest absolute Gasteiger partial charge is 0.313 e. The van der Waals surface area contributed by atoms with Crippen molar-refractivity contribution in [3.8, 4) is 0 Å². The van der Waals surface area contributed by atoms with Gasteiger partial charge in [-0.25, -0.2) is 0 Å². The molecule has 0 aromatic heterocycles. The molecule has 108 valence electrons. The van der Waals surface area contributed by atoms with Gasteiger partial charge < -0.3 is 15.7 Å². The minimum absolute atomic E-state index is 0.146. The molecule has 0 heterocycles. The molecule has 0 spiro atoms. The predicted octanol–water partition coefficient (Wildman–Crippen LogP) is 1.16.